The van der Waals surface area contributed by atoms with Crippen molar-refractivity contribution in [1.82, 2.24) is 24.4 Å². The molecule has 5 rings (SSSR count). The van der Waals surface area contributed by atoms with E-state index in [-0.39, 0.29) is 4.90 Å². The number of anilines is 2. The third kappa shape index (κ3) is 5.11. The van der Waals surface area contributed by atoms with Crippen LogP contribution in [0.2, 0.25) is 0 Å². The number of hydrogen-bond donors (Lipinski definition) is 0. The number of hydrogen-bond acceptors (Lipinski definition) is 9. The molecule has 0 aromatic carbocycles. The molecule has 0 bridgehead atoms. The second-order valence-corrected chi connectivity index (χ2v) is 10.7. The smallest absolute Gasteiger partial charge is 0.244 e. The molecule has 3 saturated heterocycles. The van der Waals surface area contributed by atoms with Crippen LogP contribution < -0.4 is 9.80 Å². The average molecular weight is 474 g/mol. The predicted octanol–water partition coefficient (Wildman–Crippen LogP) is 0.684. The Labute approximate surface area is 195 Å². The van der Waals surface area contributed by atoms with Crippen molar-refractivity contribution in [2.45, 2.75) is 23.8 Å². The fourth-order valence-corrected chi connectivity index (χ4v) is 6.08. The van der Waals surface area contributed by atoms with Gasteiger partial charge in [-0.2, -0.15) is 4.31 Å². The zero-order chi connectivity index (χ0) is 22.7. The number of aromatic nitrogens is 3. The SMILES string of the molecule is O=S(=O)(c1cccnc1)N1CCN(c2ccc(N3CCN(CC4CCCO4)CC3)nn2)CC1. The molecule has 2 aromatic rings. The van der Waals surface area contributed by atoms with Crippen LogP contribution in [-0.2, 0) is 14.8 Å². The topological polar surface area (TPSA) is 95.0 Å². The van der Waals surface area contributed by atoms with E-state index in [0.717, 1.165) is 51.0 Å². The van der Waals surface area contributed by atoms with Gasteiger partial charge in [-0.3, -0.25) is 9.88 Å². The van der Waals surface area contributed by atoms with Crippen molar-refractivity contribution in [3.05, 3.63) is 36.7 Å². The summed E-state index contributed by atoms with van der Waals surface area (Å²) in [6.07, 6.45) is 5.73. The van der Waals surface area contributed by atoms with E-state index in [2.05, 4.69) is 29.9 Å². The van der Waals surface area contributed by atoms with Gasteiger partial charge in [0.1, 0.15) is 4.90 Å². The van der Waals surface area contributed by atoms with Crippen LogP contribution in [0.1, 0.15) is 12.8 Å². The van der Waals surface area contributed by atoms with Crippen LogP contribution in [0.4, 0.5) is 11.6 Å². The summed E-state index contributed by atoms with van der Waals surface area (Å²) >= 11 is 0. The molecule has 0 radical (unpaired) electrons. The van der Waals surface area contributed by atoms with E-state index >= 15 is 0 Å². The number of rotatable bonds is 6. The van der Waals surface area contributed by atoms with Crippen LogP contribution in [0.3, 0.4) is 0 Å². The lowest BCUT2D eigenvalue weighted by atomic mass is 10.2. The Hall–Kier alpha value is -2.34. The monoisotopic (exact) mass is 473 g/mol. The summed E-state index contributed by atoms with van der Waals surface area (Å²) in [7, 11) is -3.51. The van der Waals surface area contributed by atoms with Crippen molar-refractivity contribution in [3.63, 3.8) is 0 Å². The molecule has 3 aliphatic rings. The molecule has 0 saturated carbocycles. The Morgan fingerprint density at radius 3 is 2.12 bits per heavy atom. The standard InChI is InChI=1S/C22H31N7O3S/c30-33(31,20-4-1-7-23-17-20)29-14-12-28(13-15-29)22-6-5-21(24-25-22)27-10-8-26(9-11-27)18-19-3-2-16-32-19/h1,4-7,17,19H,2-3,8-16,18H2. The maximum atomic E-state index is 12.8. The highest BCUT2D eigenvalue weighted by molar-refractivity contribution is 7.89. The Bertz CT molecular complexity index is 1000. The Kier molecular flexibility index (Phi) is 6.72. The Morgan fingerprint density at radius 1 is 0.909 bits per heavy atom. The first-order valence-corrected chi connectivity index (χ1v) is 13.1. The molecular formula is C22H31N7O3S. The van der Waals surface area contributed by atoms with Gasteiger partial charge in [0.05, 0.1) is 6.10 Å². The second-order valence-electron chi connectivity index (χ2n) is 8.75. The first-order valence-electron chi connectivity index (χ1n) is 11.7. The van der Waals surface area contributed by atoms with Gasteiger partial charge in [-0.15, -0.1) is 10.2 Å². The van der Waals surface area contributed by atoms with Gasteiger partial charge in [0, 0.05) is 77.9 Å². The summed E-state index contributed by atoms with van der Waals surface area (Å²) in [4.78, 5) is 11.0. The van der Waals surface area contributed by atoms with Crippen molar-refractivity contribution >= 4 is 21.7 Å². The summed E-state index contributed by atoms with van der Waals surface area (Å²) in [5.74, 6) is 1.68. The Balaban J connectivity index is 1.13. The number of nitrogens with zero attached hydrogens (tertiary/aromatic N) is 7. The summed E-state index contributed by atoms with van der Waals surface area (Å²) in [5, 5.41) is 8.92. The molecule has 0 aliphatic carbocycles. The number of pyridine rings is 1. The first-order chi connectivity index (χ1) is 16.1. The van der Waals surface area contributed by atoms with E-state index in [4.69, 9.17) is 4.74 Å². The van der Waals surface area contributed by atoms with E-state index in [1.807, 2.05) is 12.1 Å². The van der Waals surface area contributed by atoms with Gasteiger partial charge in [-0.05, 0) is 37.1 Å². The van der Waals surface area contributed by atoms with Gasteiger partial charge in [-0.25, -0.2) is 8.42 Å². The maximum absolute atomic E-state index is 12.8. The van der Waals surface area contributed by atoms with E-state index in [1.54, 1.807) is 18.3 Å². The van der Waals surface area contributed by atoms with Crippen molar-refractivity contribution in [3.8, 4) is 0 Å². The number of sulfonamides is 1. The molecule has 0 spiro atoms. The average Bonchev–Trinajstić information content (AvgIpc) is 3.38. The molecule has 0 N–H and O–H groups in total. The highest BCUT2D eigenvalue weighted by Gasteiger charge is 2.29. The molecule has 0 amide bonds. The lowest BCUT2D eigenvalue weighted by Crippen LogP contribution is -2.49. The number of piperazine rings is 2. The third-order valence-electron chi connectivity index (χ3n) is 6.65. The fourth-order valence-electron chi connectivity index (χ4n) is 4.70. The molecule has 178 valence electrons. The lowest BCUT2D eigenvalue weighted by molar-refractivity contribution is 0.0712. The molecule has 33 heavy (non-hydrogen) atoms. The van der Waals surface area contributed by atoms with Crippen LogP contribution in [0.5, 0.6) is 0 Å². The van der Waals surface area contributed by atoms with Crippen molar-refractivity contribution < 1.29 is 13.2 Å². The molecule has 1 unspecified atom stereocenters. The van der Waals surface area contributed by atoms with Crippen molar-refractivity contribution in [2.24, 2.45) is 0 Å². The molecule has 3 aliphatic heterocycles. The molecule has 2 aromatic heterocycles. The normalized spacial score (nSPS) is 23.2. The highest BCUT2D eigenvalue weighted by atomic mass is 32.2. The maximum Gasteiger partial charge on any atom is 0.244 e. The summed E-state index contributed by atoms with van der Waals surface area (Å²) in [6, 6.07) is 7.24. The molecule has 5 heterocycles. The zero-order valence-electron chi connectivity index (χ0n) is 18.8. The van der Waals surface area contributed by atoms with Crippen molar-refractivity contribution in [1.29, 1.82) is 0 Å². The van der Waals surface area contributed by atoms with Crippen LogP contribution in [-0.4, -0.2) is 104 Å². The summed E-state index contributed by atoms with van der Waals surface area (Å²) in [6.45, 7) is 7.80. The van der Waals surface area contributed by atoms with E-state index < -0.39 is 10.0 Å². The summed E-state index contributed by atoms with van der Waals surface area (Å²) in [5.41, 5.74) is 0. The van der Waals surface area contributed by atoms with Gasteiger partial charge in [0.2, 0.25) is 10.0 Å². The molecule has 1 atom stereocenters. The van der Waals surface area contributed by atoms with Gasteiger partial charge in [0.15, 0.2) is 11.6 Å². The fraction of sp³-hybridized carbons (Fsp3) is 0.591. The molecule has 3 fully saturated rings. The van der Waals surface area contributed by atoms with E-state index in [1.165, 1.54) is 23.3 Å². The van der Waals surface area contributed by atoms with Gasteiger partial charge in [0.25, 0.3) is 0 Å². The third-order valence-corrected chi connectivity index (χ3v) is 8.54. The van der Waals surface area contributed by atoms with Crippen LogP contribution in [0.25, 0.3) is 0 Å². The van der Waals surface area contributed by atoms with Gasteiger partial charge in [-0.1, -0.05) is 0 Å². The van der Waals surface area contributed by atoms with Gasteiger partial charge >= 0.3 is 0 Å². The van der Waals surface area contributed by atoms with Crippen LogP contribution in [0.15, 0.2) is 41.6 Å². The minimum absolute atomic E-state index is 0.235. The number of ether oxygens (including phenoxy) is 1. The minimum Gasteiger partial charge on any atom is -0.377 e. The second kappa shape index (κ2) is 9.88. The zero-order valence-corrected chi connectivity index (χ0v) is 19.6. The van der Waals surface area contributed by atoms with Gasteiger partial charge < -0.3 is 14.5 Å². The molecule has 11 heteroatoms. The summed E-state index contributed by atoms with van der Waals surface area (Å²) < 4.78 is 32.9. The van der Waals surface area contributed by atoms with Crippen LogP contribution >= 0.6 is 0 Å². The van der Waals surface area contributed by atoms with Crippen molar-refractivity contribution in [2.75, 3.05) is 75.3 Å². The highest BCUT2D eigenvalue weighted by Crippen LogP contribution is 2.21. The Morgan fingerprint density at radius 2 is 1.58 bits per heavy atom. The predicted molar refractivity (Wildman–Crippen MR) is 125 cm³/mol. The largest absolute Gasteiger partial charge is 0.377 e. The quantitative estimate of drug-likeness (QED) is 0.600. The van der Waals surface area contributed by atoms with E-state index in [9.17, 15) is 8.42 Å². The lowest BCUT2D eigenvalue weighted by Gasteiger charge is -2.36. The van der Waals surface area contributed by atoms with E-state index in [0.29, 0.717) is 32.3 Å². The first kappa shape index (κ1) is 22.5. The molecular weight excluding hydrogens is 442 g/mol. The molecule has 10 nitrogen and oxygen atoms in total. The minimum atomic E-state index is -3.51. The van der Waals surface area contributed by atoms with Crippen LogP contribution in [0, 0.1) is 0 Å².